The molecule has 0 aromatic heterocycles. The van der Waals surface area contributed by atoms with Crippen LogP contribution in [0.5, 0.6) is 0 Å². The predicted octanol–water partition coefficient (Wildman–Crippen LogP) is 1.32. The molecular weight excluding hydrogens is 207 g/mol. The maximum atomic E-state index is 12.8. The molecule has 4 heteroatoms. The summed E-state index contributed by atoms with van der Waals surface area (Å²) in [6.07, 6.45) is 0.944. The van der Waals surface area contributed by atoms with Crippen molar-refractivity contribution in [1.82, 2.24) is 10.2 Å². The Balaban J connectivity index is 2.24. The first-order chi connectivity index (χ1) is 7.68. The highest BCUT2D eigenvalue weighted by atomic mass is 19.1. The Morgan fingerprint density at radius 2 is 2.06 bits per heavy atom. The summed E-state index contributed by atoms with van der Waals surface area (Å²) in [6, 6.07) is 5.74. The third-order valence-corrected chi connectivity index (χ3v) is 2.85. The van der Waals surface area contributed by atoms with Gasteiger partial charge in [-0.25, -0.2) is 4.39 Å². The van der Waals surface area contributed by atoms with E-state index in [1.807, 2.05) is 0 Å². The number of likely N-dealkylation sites (N-methyl/N-ethyl adjacent to an activating group) is 1. The van der Waals surface area contributed by atoms with Crippen molar-refractivity contribution >= 4 is 5.91 Å². The van der Waals surface area contributed by atoms with Gasteiger partial charge in [-0.05, 0) is 30.7 Å². The zero-order chi connectivity index (χ0) is 11.5. The highest BCUT2D eigenvalue weighted by Crippen LogP contribution is 2.18. The number of carbonyl (C=O) groups excluding carboxylic acids is 1. The maximum absolute atomic E-state index is 12.8. The Hall–Kier alpha value is -1.42. The van der Waals surface area contributed by atoms with Crippen LogP contribution in [0.25, 0.3) is 0 Å². The molecule has 1 aromatic rings. The lowest BCUT2D eigenvalue weighted by Gasteiger charge is -2.20. The average molecular weight is 222 g/mol. The van der Waals surface area contributed by atoms with E-state index in [1.165, 1.54) is 12.1 Å². The second-order valence-electron chi connectivity index (χ2n) is 4.05. The predicted molar refractivity (Wildman–Crippen MR) is 59.4 cm³/mol. The van der Waals surface area contributed by atoms with Gasteiger partial charge in [0.05, 0.1) is 0 Å². The lowest BCUT2D eigenvalue weighted by Crippen LogP contribution is -2.35. The summed E-state index contributed by atoms with van der Waals surface area (Å²) in [5.41, 5.74) is 0.820. The fourth-order valence-corrected chi connectivity index (χ4v) is 1.90. The summed E-state index contributed by atoms with van der Waals surface area (Å²) < 4.78 is 12.8. The minimum absolute atomic E-state index is 0.0455. The van der Waals surface area contributed by atoms with Crippen LogP contribution in [-0.2, 0) is 4.79 Å². The van der Waals surface area contributed by atoms with E-state index in [4.69, 9.17) is 0 Å². The molecule has 1 N–H and O–H groups in total. The third kappa shape index (κ3) is 2.22. The van der Waals surface area contributed by atoms with E-state index in [0.29, 0.717) is 0 Å². The van der Waals surface area contributed by atoms with Crippen molar-refractivity contribution in [3.8, 4) is 0 Å². The molecule has 1 amide bonds. The van der Waals surface area contributed by atoms with Gasteiger partial charge in [0.25, 0.3) is 0 Å². The van der Waals surface area contributed by atoms with Crippen LogP contribution >= 0.6 is 0 Å². The fourth-order valence-electron chi connectivity index (χ4n) is 1.90. The van der Waals surface area contributed by atoms with E-state index >= 15 is 0 Å². The van der Waals surface area contributed by atoms with Crippen LogP contribution in [0.15, 0.2) is 24.3 Å². The summed E-state index contributed by atoms with van der Waals surface area (Å²) in [5.74, 6) is -0.234. The molecule has 0 aliphatic carbocycles. The van der Waals surface area contributed by atoms with Crippen molar-refractivity contribution in [2.75, 3.05) is 20.1 Å². The van der Waals surface area contributed by atoms with Crippen molar-refractivity contribution in [1.29, 1.82) is 0 Å². The highest BCUT2D eigenvalue weighted by molar-refractivity contribution is 5.83. The molecule has 0 bridgehead atoms. The van der Waals surface area contributed by atoms with Crippen molar-refractivity contribution in [3.05, 3.63) is 35.6 Å². The van der Waals surface area contributed by atoms with Gasteiger partial charge in [0.2, 0.25) is 5.91 Å². The van der Waals surface area contributed by atoms with Crippen LogP contribution in [0.2, 0.25) is 0 Å². The first kappa shape index (κ1) is 11.1. The van der Waals surface area contributed by atoms with Gasteiger partial charge in [-0.1, -0.05) is 12.1 Å². The summed E-state index contributed by atoms with van der Waals surface area (Å²) >= 11 is 0. The van der Waals surface area contributed by atoms with Crippen LogP contribution in [0.1, 0.15) is 18.0 Å². The second kappa shape index (κ2) is 4.61. The lowest BCUT2D eigenvalue weighted by molar-refractivity contribution is -0.131. The SMILES string of the molecule is CN1CCCNC(c2ccc(F)cc2)C1=O. The first-order valence-corrected chi connectivity index (χ1v) is 5.42. The molecule has 1 aliphatic rings. The topological polar surface area (TPSA) is 32.3 Å². The van der Waals surface area contributed by atoms with Crippen molar-refractivity contribution in [3.63, 3.8) is 0 Å². The number of amides is 1. The van der Waals surface area contributed by atoms with E-state index < -0.39 is 0 Å². The molecule has 0 spiro atoms. The summed E-state index contributed by atoms with van der Waals surface area (Å²) in [5, 5.41) is 3.18. The van der Waals surface area contributed by atoms with Crippen molar-refractivity contribution in [2.45, 2.75) is 12.5 Å². The maximum Gasteiger partial charge on any atom is 0.244 e. The molecule has 1 heterocycles. The molecule has 0 radical (unpaired) electrons. The number of carbonyl (C=O) groups is 1. The van der Waals surface area contributed by atoms with E-state index in [2.05, 4.69) is 5.32 Å². The molecule has 86 valence electrons. The smallest absolute Gasteiger partial charge is 0.244 e. The van der Waals surface area contributed by atoms with E-state index in [0.717, 1.165) is 25.1 Å². The Kier molecular flexibility index (Phi) is 3.19. The number of benzene rings is 1. The number of hydrogen-bond acceptors (Lipinski definition) is 2. The zero-order valence-electron chi connectivity index (χ0n) is 9.24. The largest absolute Gasteiger partial charge is 0.344 e. The molecule has 16 heavy (non-hydrogen) atoms. The third-order valence-electron chi connectivity index (χ3n) is 2.85. The van der Waals surface area contributed by atoms with Crippen LogP contribution in [0, 0.1) is 5.82 Å². The fraction of sp³-hybridized carbons (Fsp3) is 0.417. The summed E-state index contributed by atoms with van der Waals surface area (Å²) in [4.78, 5) is 13.7. The molecule has 1 aromatic carbocycles. The number of nitrogens with one attached hydrogen (secondary N) is 1. The number of halogens is 1. The van der Waals surface area contributed by atoms with E-state index in [9.17, 15) is 9.18 Å². The molecule has 1 aliphatic heterocycles. The minimum Gasteiger partial charge on any atom is -0.344 e. The molecule has 2 rings (SSSR count). The van der Waals surface area contributed by atoms with Gasteiger partial charge in [0.1, 0.15) is 11.9 Å². The quantitative estimate of drug-likeness (QED) is 0.777. The zero-order valence-corrected chi connectivity index (χ0v) is 9.24. The Labute approximate surface area is 94.3 Å². The molecule has 1 fully saturated rings. The highest BCUT2D eigenvalue weighted by Gasteiger charge is 2.25. The van der Waals surface area contributed by atoms with E-state index in [1.54, 1.807) is 24.1 Å². The van der Waals surface area contributed by atoms with Crippen molar-refractivity contribution in [2.24, 2.45) is 0 Å². The molecular formula is C12H15FN2O. The van der Waals surface area contributed by atoms with Gasteiger partial charge in [0.15, 0.2) is 0 Å². The molecule has 3 nitrogen and oxygen atoms in total. The monoisotopic (exact) mass is 222 g/mol. The van der Waals surface area contributed by atoms with Gasteiger partial charge in [-0.15, -0.1) is 0 Å². The number of rotatable bonds is 1. The molecule has 1 unspecified atom stereocenters. The second-order valence-corrected chi connectivity index (χ2v) is 4.05. The summed E-state index contributed by atoms with van der Waals surface area (Å²) in [6.45, 7) is 1.57. The molecule has 1 saturated heterocycles. The van der Waals surface area contributed by atoms with Crippen LogP contribution < -0.4 is 5.32 Å². The Morgan fingerprint density at radius 3 is 2.75 bits per heavy atom. The van der Waals surface area contributed by atoms with Gasteiger partial charge in [-0.2, -0.15) is 0 Å². The first-order valence-electron chi connectivity index (χ1n) is 5.42. The molecule has 0 saturated carbocycles. The van der Waals surface area contributed by atoms with Crippen LogP contribution in [-0.4, -0.2) is 30.9 Å². The van der Waals surface area contributed by atoms with Gasteiger partial charge >= 0.3 is 0 Å². The Bertz CT molecular complexity index is 377. The lowest BCUT2D eigenvalue weighted by atomic mass is 10.1. The normalized spacial score (nSPS) is 22.0. The minimum atomic E-state index is -0.340. The average Bonchev–Trinajstić information content (AvgIpc) is 2.44. The Morgan fingerprint density at radius 1 is 1.38 bits per heavy atom. The van der Waals surface area contributed by atoms with Gasteiger partial charge in [-0.3, -0.25) is 4.79 Å². The number of nitrogens with zero attached hydrogens (tertiary/aromatic N) is 1. The van der Waals surface area contributed by atoms with Crippen LogP contribution in [0.3, 0.4) is 0 Å². The van der Waals surface area contributed by atoms with Crippen molar-refractivity contribution < 1.29 is 9.18 Å². The molecule has 1 atom stereocenters. The number of hydrogen-bond donors (Lipinski definition) is 1. The van der Waals surface area contributed by atoms with Gasteiger partial charge < -0.3 is 10.2 Å². The van der Waals surface area contributed by atoms with E-state index in [-0.39, 0.29) is 17.8 Å². The van der Waals surface area contributed by atoms with Crippen LogP contribution in [0.4, 0.5) is 4.39 Å². The standard InChI is InChI=1S/C12H15FN2O/c1-15-8-2-7-14-11(12(15)16)9-3-5-10(13)6-4-9/h3-6,11,14H,2,7-8H2,1H3. The van der Waals surface area contributed by atoms with Gasteiger partial charge in [0, 0.05) is 13.6 Å². The summed E-state index contributed by atoms with van der Waals surface area (Å²) in [7, 11) is 1.80.